The lowest BCUT2D eigenvalue weighted by Crippen LogP contribution is -2.24. The van der Waals surface area contributed by atoms with Crippen LogP contribution in [0, 0.1) is 4.77 Å². The molecule has 0 aliphatic carbocycles. The van der Waals surface area contributed by atoms with Crippen molar-refractivity contribution in [2.45, 2.75) is 6.42 Å². The van der Waals surface area contributed by atoms with Crippen molar-refractivity contribution < 1.29 is 0 Å². The molecule has 2 aromatic rings. The van der Waals surface area contributed by atoms with Gasteiger partial charge >= 0.3 is 0 Å². The SMILES string of the molecule is NC(=S)NN=Cc1[nH]c(=S)[nH]c(=O)c1Cc1ccccc1. The molecular weight excluding hydrogens is 306 g/mol. The van der Waals surface area contributed by atoms with Crippen molar-refractivity contribution in [3.8, 4) is 0 Å². The van der Waals surface area contributed by atoms with E-state index >= 15 is 0 Å². The number of hydrogen-bond acceptors (Lipinski definition) is 4. The quantitative estimate of drug-likeness (QED) is 0.385. The minimum absolute atomic E-state index is 0.0410. The van der Waals surface area contributed by atoms with Crippen molar-refractivity contribution in [1.29, 1.82) is 0 Å². The highest BCUT2D eigenvalue weighted by molar-refractivity contribution is 7.80. The summed E-state index contributed by atoms with van der Waals surface area (Å²) in [5.74, 6) is 0. The van der Waals surface area contributed by atoms with Crippen molar-refractivity contribution in [3.63, 3.8) is 0 Å². The van der Waals surface area contributed by atoms with E-state index in [1.54, 1.807) is 0 Å². The summed E-state index contributed by atoms with van der Waals surface area (Å²) >= 11 is 9.62. The van der Waals surface area contributed by atoms with Gasteiger partial charge in [0.2, 0.25) is 0 Å². The lowest BCUT2D eigenvalue weighted by molar-refractivity contribution is 0.987. The number of H-pyrrole nitrogens is 2. The Bertz CT molecular complexity index is 779. The zero-order valence-electron chi connectivity index (χ0n) is 10.9. The van der Waals surface area contributed by atoms with Crippen LogP contribution in [-0.2, 0) is 6.42 Å². The van der Waals surface area contributed by atoms with Crippen LogP contribution < -0.4 is 16.7 Å². The molecule has 0 atom stereocenters. The normalized spacial score (nSPS) is 10.7. The van der Waals surface area contributed by atoms with Crippen molar-refractivity contribution in [1.82, 2.24) is 15.4 Å². The van der Waals surface area contributed by atoms with Crippen molar-refractivity contribution in [2.24, 2.45) is 10.8 Å². The molecule has 0 saturated carbocycles. The summed E-state index contributed by atoms with van der Waals surface area (Å²) < 4.78 is 0.230. The third-order valence-corrected chi connectivity index (χ3v) is 2.96. The van der Waals surface area contributed by atoms with E-state index < -0.39 is 0 Å². The van der Waals surface area contributed by atoms with Crippen LogP contribution in [0.1, 0.15) is 16.8 Å². The third kappa shape index (κ3) is 4.33. The topological polar surface area (TPSA) is 99.1 Å². The lowest BCUT2D eigenvalue weighted by atomic mass is 10.1. The van der Waals surface area contributed by atoms with E-state index in [4.69, 9.17) is 18.0 Å². The van der Waals surface area contributed by atoms with E-state index in [1.807, 2.05) is 30.3 Å². The average Bonchev–Trinajstić information content (AvgIpc) is 2.43. The summed E-state index contributed by atoms with van der Waals surface area (Å²) in [6.07, 6.45) is 1.89. The summed E-state index contributed by atoms with van der Waals surface area (Å²) in [6, 6.07) is 9.62. The maximum Gasteiger partial charge on any atom is 0.255 e. The fourth-order valence-corrected chi connectivity index (χ4v) is 2.03. The molecule has 108 valence electrons. The Hall–Kier alpha value is -2.32. The first-order valence-electron chi connectivity index (χ1n) is 6.04. The number of hydrogen-bond donors (Lipinski definition) is 4. The second kappa shape index (κ2) is 6.91. The summed E-state index contributed by atoms with van der Waals surface area (Å²) in [5, 5.41) is 3.90. The van der Waals surface area contributed by atoms with Crippen molar-refractivity contribution in [2.75, 3.05) is 0 Å². The number of aromatic amines is 2. The molecule has 21 heavy (non-hydrogen) atoms. The predicted octanol–water partition coefficient (Wildman–Crippen LogP) is 1.19. The maximum atomic E-state index is 12.1. The highest BCUT2D eigenvalue weighted by Crippen LogP contribution is 2.07. The molecule has 5 N–H and O–H groups in total. The van der Waals surface area contributed by atoms with Crippen LogP contribution in [-0.4, -0.2) is 21.3 Å². The van der Waals surface area contributed by atoms with E-state index in [9.17, 15) is 4.79 Å². The second-order valence-electron chi connectivity index (χ2n) is 4.20. The fraction of sp³-hybridized carbons (Fsp3) is 0.0769. The zero-order valence-corrected chi connectivity index (χ0v) is 12.6. The predicted molar refractivity (Wildman–Crippen MR) is 89.0 cm³/mol. The summed E-state index contributed by atoms with van der Waals surface area (Å²) in [4.78, 5) is 17.6. The van der Waals surface area contributed by atoms with Crippen molar-refractivity contribution in [3.05, 3.63) is 62.3 Å². The molecule has 2 rings (SSSR count). The Balaban J connectivity index is 2.39. The summed E-state index contributed by atoms with van der Waals surface area (Å²) in [5.41, 5.74) is 9.52. The van der Waals surface area contributed by atoms with Crippen LogP contribution in [0.15, 0.2) is 40.2 Å². The Morgan fingerprint density at radius 2 is 2.05 bits per heavy atom. The monoisotopic (exact) mass is 319 g/mol. The molecule has 1 aromatic heterocycles. The number of benzene rings is 1. The Morgan fingerprint density at radius 1 is 1.33 bits per heavy atom. The molecule has 6 nitrogen and oxygen atoms in total. The lowest BCUT2D eigenvalue weighted by Gasteiger charge is -2.05. The molecule has 0 spiro atoms. The number of nitrogens with two attached hydrogens (primary N) is 1. The van der Waals surface area contributed by atoms with Gasteiger partial charge in [-0.3, -0.25) is 15.2 Å². The van der Waals surface area contributed by atoms with Gasteiger partial charge in [-0.05, 0) is 30.0 Å². The average molecular weight is 319 g/mol. The molecule has 8 heteroatoms. The van der Waals surface area contributed by atoms with E-state index in [0.29, 0.717) is 17.7 Å². The smallest absolute Gasteiger partial charge is 0.255 e. The van der Waals surface area contributed by atoms with Gasteiger partial charge < -0.3 is 10.7 Å². The number of aromatic nitrogens is 2. The molecule has 0 aliphatic heterocycles. The van der Waals surface area contributed by atoms with E-state index in [-0.39, 0.29) is 15.4 Å². The number of nitrogens with zero attached hydrogens (tertiary/aromatic N) is 1. The van der Waals surface area contributed by atoms with Gasteiger partial charge in [-0.2, -0.15) is 5.10 Å². The van der Waals surface area contributed by atoms with Crippen LogP contribution in [0.5, 0.6) is 0 Å². The molecule has 1 aromatic carbocycles. The highest BCUT2D eigenvalue weighted by atomic mass is 32.1. The second-order valence-corrected chi connectivity index (χ2v) is 5.05. The number of rotatable bonds is 4. The Morgan fingerprint density at radius 3 is 2.71 bits per heavy atom. The van der Waals surface area contributed by atoms with Gasteiger partial charge in [0.05, 0.1) is 11.9 Å². The molecule has 0 fully saturated rings. The van der Waals surface area contributed by atoms with Crippen LogP contribution in [0.2, 0.25) is 0 Å². The third-order valence-electron chi connectivity index (χ3n) is 2.67. The zero-order chi connectivity index (χ0) is 15.2. The Labute approximate surface area is 131 Å². The van der Waals surface area contributed by atoms with E-state index in [0.717, 1.165) is 5.56 Å². The number of hydrazone groups is 1. The maximum absolute atomic E-state index is 12.1. The standard InChI is InChI=1S/C13H13N5OS2/c14-12(20)18-15-7-10-9(11(19)17-13(21)16-10)6-8-4-2-1-3-5-8/h1-5,7H,6H2,(H3,14,18,20)(H2,16,17,19,21). The molecule has 1 heterocycles. The van der Waals surface area contributed by atoms with Crippen molar-refractivity contribution >= 4 is 35.8 Å². The largest absolute Gasteiger partial charge is 0.375 e. The molecule has 0 saturated heterocycles. The van der Waals surface area contributed by atoms with Gasteiger partial charge in [-0.15, -0.1) is 0 Å². The van der Waals surface area contributed by atoms with Gasteiger partial charge in [-0.1, -0.05) is 30.3 Å². The van der Waals surface area contributed by atoms with Crippen LogP contribution in [0.4, 0.5) is 0 Å². The van der Waals surface area contributed by atoms with Crippen LogP contribution in [0.3, 0.4) is 0 Å². The molecule has 0 unspecified atom stereocenters. The minimum atomic E-state index is -0.251. The van der Waals surface area contributed by atoms with Crippen LogP contribution in [0.25, 0.3) is 0 Å². The van der Waals surface area contributed by atoms with Gasteiger partial charge in [-0.25, -0.2) is 0 Å². The molecule has 0 amide bonds. The summed E-state index contributed by atoms with van der Waals surface area (Å²) in [6.45, 7) is 0. The van der Waals surface area contributed by atoms with Gasteiger partial charge in [0.1, 0.15) is 0 Å². The molecule has 0 aliphatic rings. The molecular formula is C13H13N5OS2. The summed E-state index contributed by atoms with van der Waals surface area (Å²) in [7, 11) is 0. The number of thiocarbonyl (C=S) groups is 1. The first-order chi connectivity index (χ1) is 10.1. The van der Waals surface area contributed by atoms with Gasteiger partial charge in [0.25, 0.3) is 5.56 Å². The first-order valence-corrected chi connectivity index (χ1v) is 6.86. The van der Waals surface area contributed by atoms with E-state index in [1.165, 1.54) is 6.21 Å². The van der Waals surface area contributed by atoms with Gasteiger partial charge in [0, 0.05) is 12.0 Å². The first kappa shape index (κ1) is 15.1. The minimum Gasteiger partial charge on any atom is -0.375 e. The fourth-order valence-electron chi connectivity index (χ4n) is 1.78. The van der Waals surface area contributed by atoms with Gasteiger partial charge in [0.15, 0.2) is 9.88 Å². The molecule has 0 bridgehead atoms. The highest BCUT2D eigenvalue weighted by Gasteiger charge is 2.08. The van der Waals surface area contributed by atoms with E-state index in [2.05, 4.69) is 32.7 Å². The number of nitrogens with one attached hydrogen (secondary N) is 3. The van der Waals surface area contributed by atoms with Crippen LogP contribution >= 0.6 is 24.4 Å². The Kier molecular flexibility index (Phi) is 4.96. The molecule has 0 radical (unpaired) electrons.